The average molecular weight is 281 g/mol. The molecule has 1 fully saturated rings. The summed E-state index contributed by atoms with van der Waals surface area (Å²) >= 11 is 0. The molecule has 1 saturated heterocycles. The maximum atomic E-state index is 12.5. The maximum Gasteiger partial charge on any atom is 0.287 e. The van der Waals surface area contributed by atoms with Crippen LogP contribution in [0.3, 0.4) is 0 Å². The highest BCUT2D eigenvalue weighted by molar-refractivity contribution is 5.94. The number of aliphatic hydroxyl groups is 1. The third-order valence-corrected chi connectivity index (χ3v) is 3.63. The van der Waals surface area contributed by atoms with Gasteiger partial charge < -0.3 is 14.6 Å². The fourth-order valence-electron chi connectivity index (χ4n) is 2.64. The number of hydrogen-bond donors (Lipinski definition) is 1. The molecule has 1 amide bonds. The van der Waals surface area contributed by atoms with Crippen molar-refractivity contribution < 1.29 is 14.8 Å². The van der Waals surface area contributed by atoms with E-state index in [2.05, 4.69) is 0 Å². The molecule has 0 aromatic carbocycles. The Kier molecular flexibility index (Phi) is 4.39. The van der Waals surface area contributed by atoms with E-state index in [1.807, 2.05) is 6.92 Å². The first-order valence-electron chi connectivity index (χ1n) is 6.84. The highest BCUT2D eigenvalue weighted by Gasteiger charge is 2.31. The van der Waals surface area contributed by atoms with Crippen molar-refractivity contribution in [2.24, 2.45) is 0 Å². The summed E-state index contributed by atoms with van der Waals surface area (Å²) in [7, 11) is 0. The van der Waals surface area contributed by atoms with E-state index in [1.54, 1.807) is 9.47 Å². The Hall–Kier alpha value is -1.89. The van der Waals surface area contributed by atoms with Gasteiger partial charge in [-0.25, -0.2) is 0 Å². The lowest BCUT2D eigenvalue weighted by molar-refractivity contribution is -0.384. The molecule has 1 aromatic heterocycles. The number of amides is 1. The lowest BCUT2D eigenvalue weighted by Gasteiger charge is -2.23. The number of rotatable bonds is 5. The van der Waals surface area contributed by atoms with E-state index >= 15 is 0 Å². The molecule has 0 bridgehead atoms. The van der Waals surface area contributed by atoms with Crippen molar-refractivity contribution in [2.75, 3.05) is 13.2 Å². The minimum Gasteiger partial charge on any atom is -0.394 e. The maximum absolute atomic E-state index is 12.5. The minimum absolute atomic E-state index is 0.0671. The van der Waals surface area contributed by atoms with Crippen LogP contribution in [-0.2, 0) is 6.54 Å². The van der Waals surface area contributed by atoms with Crippen LogP contribution in [0.1, 0.15) is 36.7 Å². The van der Waals surface area contributed by atoms with Crippen LogP contribution in [-0.4, -0.2) is 44.6 Å². The third-order valence-electron chi connectivity index (χ3n) is 3.63. The Morgan fingerprint density at radius 3 is 2.95 bits per heavy atom. The fraction of sp³-hybridized carbons (Fsp3) is 0.615. The lowest BCUT2D eigenvalue weighted by atomic mass is 10.2. The van der Waals surface area contributed by atoms with Gasteiger partial charge >= 0.3 is 0 Å². The number of likely N-dealkylation sites (tertiary alicyclic amines) is 1. The van der Waals surface area contributed by atoms with Crippen LogP contribution in [0.2, 0.25) is 0 Å². The summed E-state index contributed by atoms with van der Waals surface area (Å²) in [5.41, 5.74) is 0.264. The van der Waals surface area contributed by atoms with Crippen molar-refractivity contribution >= 4 is 11.6 Å². The smallest absolute Gasteiger partial charge is 0.287 e. The molecule has 7 heteroatoms. The van der Waals surface area contributed by atoms with Gasteiger partial charge in [0.2, 0.25) is 0 Å². The number of aliphatic hydroxyl groups excluding tert-OH is 1. The van der Waals surface area contributed by atoms with Crippen LogP contribution < -0.4 is 0 Å². The van der Waals surface area contributed by atoms with Crippen LogP contribution in [0.15, 0.2) is 12.3 Å². The molecule has 0 radical (unpaired) electrons. The van der Waals surface area contributed by atoms with Gasteiger partial charge in [0, 0.05) is 19.2 Å². The fourth-order valence-corrected chi connectivity index (χ4v) is 2.64. The van der Waals surface area contributed by atoms with Crippen molar-refractivity contribution in [1.29, 1.82) is 0 Å². The molecule has 0 saturated carbocycles. The van der Waals surface area contributed by atoms with E-state index in [1.165, 1.54) is 12.3 Å². The quantitative estimate of drug-likeness (QED) is 0.652. The molecule has 110 valence electrons. The van der Waals surface area contributed by atoms with Crippen LogP contribution in [0, 0.1) is 10.1 Å². The second-order valence-electron chi connectivity index (χ2n) is 5.01. The predicted molar refractivity (Wildman–Crippen MR) is 72.5 cm³/mol. The third kappa shape index (κ3) is 2.67. The van der Waals surface area contributed by atoms with Gasteiger partial charge in [0.05, 0.1) is 23.8 Å². The van der Waals surface area contributed by atoms with Gasteiger partial charge in [-0.2, -0.15) is 0 Å². The Morgan fingerprint density at radius 1 is 1.60 bits per heavy atom. The molecule has 7 nitrogen and oxygen atoms in total. The van der Waals surface area contributed by atoms with Gasteiger partial charge in [-0.1, -0.05) is 6.92 Å². The number of aromatic nitrogens is 1. The van der Waals surface area contributed by atoms with Gasteiger partial charge in [0.25, 0.3) is 11.6 Å². The predicted octanol–water partition coefficient (Wildman–Crippen LogP) is 1.40. The molecule has 0 aliphatic carbocycles. The molecule has 1 aliphatic rings. The zero-order chi connectivity index (χ0) is 14.7. The van der Waals surface area contributed by atoms with Crippen LogP contribution in [0.25, 0.3) is 0 Å². The molecule has 1 atom stereocenters. The van der Waals surface area contributed by atoms with Gasteiger partial charge in [0.15, 0.2) is 0 Å². The molecule has 1 aliphatic heterocycles. The van der Waals surface area contributed by atoms with E-state index in [-0.39, 0.29) is 24.2 Å². The molecule has 1 aromatic rings. The summed E-state index contributed by atoms with van der Waals surface area (Å²) in [4.78, 5) is 24.5. The lowest BCUT2D eigenvalue weighted by Crippen LogP contribution is -2.38. The summed E-state index contributed by atoms with van der Waals surface area (Å²) < 4.78 is 1.63. The van der Waals surface area contributed by atoms with E-state index < -0.39 is 4.92 Å². The van der Waals surface area contributed by atoms with Crippen molar-refractivity contribution in [3.8, 4) is 0 Å². The average Bonchev–Trinajstić information content (AvgIpc) is 3.04. The highest BCUT2D eigenvalue weighted by atomic mass is 16.6. The molecule has 0 spiro atoms. The molecular formula is C13H19N3O4. The normalized spacial score (nSPS) is 18.5. The Morgan fingerprint density at radius 2 is 2.35 bits per heavy atom. The van der Waals surface area contributed by atoms with Gasteiger partial charge in [-0.15, -0.1) is 0 Å². The highest BCUT2D eigenvalue weighted by Crippen LogP contribution is 2.23. The van der Waals surface area contributed by atoms with Gasteiger partial charge in [0.1, 0.15) is 5.69 Å². The zero-order valence-electron chi connectivity index (χ0n) is 11.5. The molecule has 20 heavy (non-hydrogen) atoms. The Balaban J connectivity index is 2.30. The zero-order valence-corrected chi connectivity index (χ0v) is 11.5. The van der Waals surface area contributed by atoms with Crippen molar-refractivity contribution in [2.45, 2.75) is 38.8 Å². The van der Waals surface area contributed by atoms with E-state index in [0.29, 0.717) is 18.8 Å². The SMILES string of the molecule is CCCn1cc([N+](=O)[O-])cc1C(=O)N1CCC[C@@H]1CO. The van der Waals surface area contributed by atoms with E-state index in [9.17, 15) is 20.0 Å². The number of nitro groups is 1. The number of aryl methyl sites for hydroxylation is 1. The summed E-state index contributed by atoms with van der Waals surface area (Å²) in [5, 5.41) is 20.2. The molecule has 1 N–H and O–H groups in total. The van der Waals surface area contributed by atoms with Gasteiger partial charge in [-0.05, 0) is 19.3 Å². The number of carbonyl (C=O) groups is 1. The second kappa shape index (κ2) is 6.04. The largest absolute Gasteiger partial charge is 0.394 e. The summed E-state index contributed by atoms with van der Waals surface area (Å²) in [6, 6.07) is 1.15. The number of hydrogen-bond acceptors (Lipinski definition) is 4. The topological polar surface area (TPSA) is 88.6 Å². The van der Waals surface area contributed by atoms with Crippen molar-refractivity contribution in [3.05, 3.63) is 28.1 Å². The monoisotopic (exact) mass is 281 g/mol. The molecule has 2 rings (SSSR count). The molecular weight excluding hydrogens is 262 g/mol. The van der Waals surface area contributed by atoms with Gasteiger partial charge in [-0.3, -0.25) is 14.9 Å². The first-order valence-corrected chi connectivity index (χ1v) is 6.84. The Bertz CT molecular complexity index is 512. The van der Waals surface area contributed by atoms with Crippen molar-refractivity contribution in [3.63, 3.8) is 0 Å². The standard InChI is InChI=1S/C13H19N3O4/c1-2-5-14-8-11(16(19)20)7-12(14)13(18)15-6-3-4-10(15)9-17/h7-8,10,17H,2-6,9H2,1H3/t10-/m1/s1. The van der Waals surface area contributed by atoms with Crippen LogP contribution in [0.4, 0.5) is 5.69 Å². The molecule has 2 heterocycles. The first kappa shape index (κ1) is 14.5. The van der Waals surface area contributed by atoms with Crippen LogP contribution >= 0.6 is 0 Å². The molecule has 0 unspecified atom stereocenters. The summed E-state index contributed by atoms with van der Waals surface area (Å²) in [6.07, 6.45) is 3.82. The number of carbonyl (C=O) groups excluding carboxylic acids is 1. The van der Waals surface area contributed by atoms with Crippen LogP contribution in [0.5, 0.6) is 0 Å². The number of nitrogens with zero attached hydrogens (tertiary/aromatic N) is 3. The summed E-state index contributed by atoms with van der Waals surface area (Å²) in [6.45, 7) is 3.04. The van der Waals surface area contributed by atoms with E-state index in [0.717, 1.165) is 19.3 Å². The summed E-state index contributed by atoms with van der Waals surface area (Å²) in [5.74, 6) is -0.233. The van der Waals surface area contributed by atoms with E-state index in [4.69, 9.17) is 0 Å². The Labute approximate surface area is 116 Å². The minimum atomic E-state index is -0.490. The second-order valence-corrected chi connectivity index (χ2v) is 5.01. The van der Waals surface area contributed by atoms with Crippen molar-refractivity contribution in [1.82, 2.24) is 9.47 Å². The first-order chi connectivity index (χ1) is 9.58.